The molecular weight excluding hydrogens is 454 g/mol. The van der Waals surface area contributed by atoms with Crippen LogP contribution in [0.1, 0.15) is 88.3 Å². The van der Waals surface area contributed by atoms with Crippen LogP contribution in [0, 0.1) is 5.92 Å². The van der Waals surface area contributed by atoms with Gasteiger partial charge in [-0.2, -0.15) is 4.98 Å². The van der Waals surface area contributed by atoms with Gasteiger partial charge in [-0.05, 0) is 37.3 Å². The molecule has 184 valence electrons. The first-order chi connectivity index (χ1) is 16.2. The predicted molar refractivity (Wildman–Crippen MR) is 128 cm³/mol. The molecule has 0 spiro atoms. The average Bonchev–Trinajstić information content (AvgIpc) is 3.25. The van der Waals surface area contributed by atoms with E-state index in [1.807, 2.05) is 27.7 Å². The van der Waals surface area contributed by atoms with Crippen LogP contribution in [0.25, 0.3) is 0 Å². The highest BCUT2D eigenvalue weighted by Crippen LogP contribution is 2.30. The molecule has 2 aromatic rings. The summed E-state index contributed by atoms with van der Waals surface area (Å²) in [5.41, 5.74) is -0.731. The molecular formula is C24H33N5O4S. The van der Waals surface area contributed by atoms with E-state index in [1.54, 1.807) is 12.1 Å². The van der Waals surface area contributed by atoms with Gasteiger partial charge in [0.25, 0.3) is 17.0 Å². The van der Waals surface area contributed by atoms with Gasteiger partial charge in [-0.25, -0.2) is 0 Å². The molecule has 34 heavy (non-hydrogen) atoms. The van der Waals surface area contributed by atoms with E-state index in [2.05, 4.69) is 25.8 Å². The van der Waals surface area contributed by atoms with Crippen LogP contribution in [0.2, 0.25) is 0 Å². The van der Waals surface area contributed by atoms with E-state index in [4.69, 9.17) is 4.52 Å². The minimum absolute atomic E-state index is 0.167. The molecule has 1 aliphatic rings. The predicted octanol–water partition coefficient (Wildman–Crippen LogP) is 3.87. The van der Waals surface area contributed by atoms with E-state index < -0.39 is 23.3 Å². The van der Waals surface area contributed by atoms with Crippen molar-refractivity contribution >= 4 is 29.5 Å². The Hall–Kier alpha value is -2.75. The van der Waals surface area contributed by atoms with Crippen molar-refractivity contribution < 1.29 is 18.9 Å². The maximum Gasteiger partial charge on any atom is 0.285 e. The summed E-state index contributed by atoms with van der Waals surface area (Å²) in [4.78, 5) is 47.9. The summed E-state index contributed by atoms with van der Waals surface area (Å²) >= 11 is 1.42. The van der Waals surface area contributed by atoms with Crippen LogP contribution in [0.5, 0.6) is 0 Å². The van der Waals surface area contributed by atoms with E-state index in [9.17, 15) is 14.4 Å². The third-order valence-electron chi connectivity index (χ3n) is 5.77. The summed E-state index contributed by atoms with van der Waals surface area (Å²) < 4.78 is 5.31. The van der Waals surface area contributed by atoms with Crippen molar-refractivity contribution in [2.24, 2.45) is 5.92 Å². The Labute approximate surface area is 204 Å². The summed E-state index contributed by atoms with van der Waals surface area (Å²) in [5, 5.41) is 10.1. The third-order valence-corrected chi connectivity index (χ3v) is 6.61. The van der Waals surface area contributed by atoms with Gasteiger partial charge in [0.2, 0.25) is 5.91 Å². The molecule has 0 aliphatic heterocycles. The first-order valence-corrected chi connectivity index (χ1v) is 12.7. The fourth-order valence-electron chi connectivity index (χ4n) is 4.09. The SMILES string of the molecule is CC(C)C[C@H](C(=O)NC(=O)C1(NC(=O)c2ccncc2)CCCCC1)c1noc(SC(C)C)n1. The Bertz CT molecular complexity index is 986. The summed E-state index contributed by atoms with van der Waals surface area (Å²) in [5.74, 6) is -1.64. The van der Waals surface area contributed by atoms with Gasteiger partial charge in [0, 0.05) is 23.2 Å². The monoisotopic (exact) mass is 487 g/mol. The molecule has 1 saturated carbocycles. The van der Waals surface area contributed by atoms with Crippen LogP contribution in [-0.4, -0.2) is 43.6 Å². The molecule has 1 atom stereocenters. The topological polar surface area (TPSA) is 127 Å². The van der Waals surface area contributed by atoms with Crippen molar-refractivity contribution in [3.05, 3.63) is 35.9 Å². The van der Waals surface area contributed by atoms with Gasteiger partial charge in [0.05, 0.1) is 0 Å². The Kier molecular flexibility index (Phi) is 8.82. The number of amides is 3. The van der Waals surface area contributed by atoms with E-state index >= 15 is 0 Å². The third kappa shape index (κ3) is 6.65. The lowest BCUT2D eigenvalue weighted by atomic mass is 9.80. The zero-order valence-corrected chi connectivity index (χ0v) is 21.0. The normalized spacial score (nSPS) is 16.3. The second-order valence-electron chi connectivity index (χ2n) is 9.42. The summed E-state index contributed by atoms with van der Waals surface area (Å²) in [6.07, 6.45) is 7.00. The maximum atomic E-state index is 13.4. The smallest absolute Gasteiger partial charge is 0.285 e. The van der Waals surface area contributed by atoms with Crippen LogP contribution in [0.3, 0.4) is 0 Å². The Morgan fingerprint density at radius 1 is 1.09 bits per heavy atom. The average molecular weight is 488 g/mol. The van der Waals surface area contributed by atoms with Crippen molar-refractivity contribution in [1.82, 2.24) is 25.8 Å². The van der Waals surface area contributed by atoms with Gasteiger partial charge in [-0.1, -0.05) is 63.9 Å². The lowest BCUT2D eigenvalue weighted by molar-refractivity contribution is -0.136. The van der Waals surface area contributed by atoms with E-state index in [0.29, 0.717) is 30.0 Å². The molecule has 10 heteroatoms. The van der Waals surface area contributed by atoms with Crippen LogP contribution in [0.15, 0.2) is 34.3 Å². The quantitative estimate of drug-likeness (QED) is 0.510. The number of imide groups is 1. The Balaban J connectivity index is 1.78. The molecule has 3 amide bonds. The second-order valence-corrected chi connectivity index (χ2v) is 10.9. The Morgan fingerprint density at radius 3 is 2.38 bits per heavy atom. The number of nitrogens with one attached hydrogen (secondary N) is 2. The standard InChI is InChI=1S/C24H33N5O4S/c1-15(2)14-18(19-26-23(33-29-19)34-16(3)4)21(31)27-22(32)24(10-6-5-7-11-24)28-20(30)17-8-12-25-13-9-17/h8-9,12-13,15-16,18H,5-7,10-11,14H2,1-4H3,(H,28,30)(H,27,31,32)/t18-/m0/s1. The summed E-state index contributed by atoms with van der Waals surface area (Å²) in [6, 6.07) is 3.19. The highest BCUT2D eigenvalue weighted by molar-refractivity contribution is 7.99. The number of aromatic nitrogens is 3. The van der Waals surface area contributed by atoms with Gasteiger partial charge in [-0.3, -0.25) is 24.7 Å². The van der Waals surface area contributed by atoms with Crippen molar-refractivity contribution in [3.8, 4) is 0 Å². The number of carbonyl (C=O) groups is 3. The van der Waals surface area contributed by atoms with Gasteiger partial charge in [0.1, 0.15) is 11.5 Å². The van der Waals surface area contributed by atoms with E-state index in [1.165, 1.54) is 24.2 Å². The first-order valence-electron chi connectivity index (χ1n) is 11.8. The number of rotatable bonds is 9. The van der Waals surface area contributed by atoms with Gasteiger partial charge in [0.15, 0.2) is 5.82 Å². The number of thioether (sulfide) groups is 1. The van der Waals surface area contributed by atoms with Crippen LogP contribution in [-0.2, 0) is 9.59 Å². The second kappa shape index (κ2) is 11.6. The van der Waals surface area contributed by atoms with Crippen LogP contribution >= 0.6 is 11.8 Å². The highest BCUT2D eigenvalue weighted by atomic mass is 32.2. The lowest BCUT2D eigenvalue weighted by Crippen LogP contribution is -2.61. The van der Waals surface area contributed by atoms with Crippen molar-refractivity contribution in [2.45, 2.75) is 88.1 Å². The van der Waals surface area contributed by atoms with E-state index in [-0.39, 0.29) is 22.9 Å². The van der Waals surface area contributed by atoms with Crippen LogP contribution in [0.4, 0.5) is 0 Å². The molecule has 9 nitrogen and oxygen atoms in total. The zero-order valence-electron chi connectivity index (χ0n) is 20.2. The van der Waals surface area contributed by atoms with E-state index in [0.717, 1.165) is 19.3 Å². The zero-order chi connectivity index (χ0) is 24.7. The van der Waals surface area contributed by atoms with Crippen molar-refractivity contribution in [3.63, 3.8) is 0 Å². The summed E-state index contributed by atoms with van der Waals surface area (Å²) in [7, 11) is 0. The molecule has 0 saturated heterocycles. The number of nitrogens with zero attached hydrogens (tertiary/aromatic N) is 3. The molecule has 2 aromatic heterocycles. The maximum absolute atomic E-state index is 13.4. The molecule has 2 heterocycles. The largest absolute Gasteiger partial charge is 0.338 e. The molecule has 1 aliphatic carbocycles. The first kappa shape index (κ1) is 25.9. The molecule has 1 fully saturated rings. The fourth-order valence-corrected chi connectivity index (χ4v) is 4.72. The molecule has 2 N–H and O–H groups in total. The van der Waals surface area contributed by atoms with Crippen LogP contribution < -0.4 is 10.6 Å². The van der Waals surface area contributed by atoms with Crippen molar-refractivity contribution in [2.75, 3.05) is 0 Å². The van der Waals surface area contributed by atoms with Crippen molar-refractivity contribution in [1.29, 1.82) is 0 Å². The van der Waals surface area contributed by atoms with Gasteiger partial charge >= 0.3 is 0 Å². The fraction of sp³-hybridized carbons (Fsp3) is 0.583. The minimum Gasteiger partial charge on any atom is -0.338 e. The minimum atomic E-state index is -1.15. The molecule has 0 bridgehead atoms. The summed E-state index contributed by atoms with van der Waals surface area (Å²) in [6.45, 7) is 8.00. The number of carbonyl (C=O) groups excluding carboxylic acids is 3. The molecule has 3 rings (SSSR count). The molecule has 0 aromatic carbocycles. The van der Waals surface area contributed by atoms with Gasteiger partial charge < -0.3 is 9.84 Å². The Morgan fingerprint density at radius 2 is 1.76 bits per heavy atom. The lowest BCUT2D eigenvalue weighted by Gasteiger charge is -2.36. The number of pyridine rings is 1. The number of hydrogen-bond acceptors (Lipinski definition) is 8. The molecule has 0 radical (unpaired) electrons. The highest BCUT2D eigenvalue weighted by Gasteiger charge is 2.43. The molecule has 0 unspecified atom stereocenters. The number of hydrogen-bond donors (Lipinski definition) is 2. The van der Waals surface area contributed by atoms with Gasteiger partial charge in [-0.15, -0.1) is 0 Å².